The minimum absolute atomic E-state index is 0.0886. The molecular formula is C18H19N3O2. The van der Waals surface area contributed by atoms with Crippen molar-refractivity contribution in [3.05, 3.63) is 53.9 Å². The third kappa shape index (κ3) is 2.48. The summed E-state index contributed by atoms with van der Waals surface area (Å²) >= 11 is 0. The molecule has 0 saturated heterocycles. The zero-order chi connectivity index (χ0) is 16.6. The molecule has 0 spiro atoms. The highest BCUT2D eigenvalue weighted by Crippen LogP contribution is 2.42. The average Bonchev–Trinajstić information content (AvgIpc) is 2.74. The van der Waals surface area contributed by atoms with Gasteiger partial charge in [-0.3, -0.25) is 14.6 Å². The van der Waals surface area contributed by atoms with E-state index in [1.54, 1.807) is 23.2 Å². The number of carbonyl (C=O) groups excluding carboxylic acids is 2. The molecule has 2 amide bonds. The van der Waals surface area contributed by atoms with Crippen molar-refractivity contribution in [3.63, 3.8) is 0 Å². The van der Waals surface area contributed by atoms with Gasteiger partial charge in [-0.15, -0.1) is 0 Å². The molecule has 0 radical (unpaired) electrons. The van der Waals surface area contributed by atoms with Crippen molar-refractivity contribution in [2.24, 2.45) is 0 Å². The number of rotatable bonds is 3. The van der Waals surface area contributed by atoms with Gasteiger partial charge in [0, 0.05) is 30.3 Å². The summed E-state index contributed by atoms with van der Waals surface area (Å²) < 4.78 is 0. The molecule has 23 heavy (non-hydrogen) atoms. The molecule has 0 fully saturated rings. The molecule has 0 aliphatic carbocycles. The number of fused-ring (bicyclic) bond motifs is 1. The van der Waals surface area contributed by atoms with Crippen LogP contribution in [0.1, 0.15) is 36.7 Å². The van der Waals surface area contributed by atoms with E-state index in [0.717, 1.165) is 11.3 Å². The molecule has 3 rings (SSSR count). The molecule has 2 aromatic rings. The lowest BCUT2D eigenvalue weighted by molar-refractivity contribution is -0.122. The van der Waals surface area contributed by atoms with Crippen LogP contribution in [-0.4, -0.2) is 23.3 Å². The fourth-order valence-electron chi connectivity index (χ4n) is 2.94. The van der Waals surface area contributed by atoms with Crippen LogP contribution in [0.5, 0.6) is 0 Å². The maximum atomic E-state index is 12.5. The second-order valence-electron chi connectivity index (χ2n) is 6.10. The Bertz CT molecular complexity index is 769. The normalized spacial score (nSPS) is 15.4. The number of benzene rings is 1. The molecule has 118 valence electrons. The molecule has 1 aromatic heterocycles. The topological polar surface area (TPSA) is 62.3 Å². The monoisotopic (exact) mass is 309 g/mol. The van der Waals surface area contributed by atoms with Crippen LogP contribution >= 0.6 is 0 Å². The van der Waals surface area contributed by atoms with Crippen molar-refractivity contribution in [1.82, 2.24) is 4.98 Å². The Morgan fingerprint density at radius 2 is 2.09 bits per heavy atom. The summed E-state index contributed by atoms with van der Waals surface area (Å²) in [4.78, 5) is 30.4. The van der Waals surface area contributed by atoms with Crippen molar-refractivity contribution in [1.29, 1.82) is 0 Å². The van der Waals surface area contributed by atoms with E-state index < -0.39 is 5.41 Å². The minimum Gasteiger partial charge on any atom is -0.322 e. The van der Waals surface area contributed by atoms with E-state index >= 15 is 0 Å². The molecule has 0 bridgehead atoms. The molecule has 5 heteroatoms. The van der Waals surface area contributed by atoms with Crippen molar-refractivity contribution >= 4 is 23.2 Å². The fraction of sp³-hybridized carbons (Fsp3) is 0.278. The van der Waals surface area contributed by atoms with E-state index in [2.05, 4.69) is 10.3 Å². The Labute approximate surface area is 135 Å². The Morgan fingerprint density at radius 3 is 2.74 bits per heavy atom. The van der Waals surface area contributed by atoms with Crippen LogP contribution in [0.2, 0.25) is 0 Å². The van der Waals surface area contributed by atoms with E-state index in [4.69, 9.17) is 0 Å². The van der Waals surface area contributed by atoms with Gasteiger partial charge < -0.3 is 10.2 Å². The SMILES string of the molecule is CCN1C(=O)C(C)(C)c2ccc(NC(=O)c3cccnc3)cc21. The lowest BCUT2D eigenvalue weighted by Gasteiger charge is -2.18. The number of pyridine rings is 1. The fourth-order valence-corrected chi connectivity index (χ4v) is 2.94. The van der Waals surface area contributed by atoms with Gasteiger partial charge in [0.2, 0.25) is 5.91 Å². The highest BCUT2D eigenvalue weighted by Gasteiger charge is 2.43. The first-order chi connectivity index (χ1) is 10.9. The molecule has 2 heterocycles. The molecular weight excluding hydrogens is 290 g/mol. The number of anilines is 2. The Hall–Kier alpha value is -2.69. The number of hydrogen-bond acceptors (Lipinski definition) is 3. The summed E-state index contributed by atoms with van der Waals surface area (Å²) in [6.45, 7) is 6.41. The van der Waals surface area contributed by atoms with Gasteiger partial charge in [-0.1, -0.05) is 6.07 Å². The number of nitrogens with one attached hydrogen (secondary N) is 1. The summed E-state index contributed by atoms with van der Waals surface area (Å²) in [7, 11) is 0. The highest BCUT2D eigenvalue weighted by atomic mass is 16.2. The summed E-state index contributed by atoms with van der Waals surface area (Å²) in [5.41, 5.74) is 2.49. The number of nitrogens with zero attached hydrogens (tertiary/aromatic N) is 2. The van der Waals surface area contributed by atoms with Gasteiger partial charge >= 0.3 is 0 Å². The second kappa shape index (κ2) is 5.50. The minimum atomic E-state index is -0.531. The van der Waals surface area contributed by atoms with Crippen LogP contribution in [0.25, 0.3) is 0 Å². The molecule has 0 unspecified atom stereocenters. The van der Waals surface area contributed by atoms with Crippen LogP contribution in [-0.2, 0) is 10.2 Å². The van der Waals surface area contributed by atoms with Crippen molar-refractivity contribution in [2.75, 3.05) is 16.8 Å². The van der Waals surface area contributed by atoms with E-state index in [1.165, 1.54) is 6.20 Å². The standard InChI is InChI=1S/C18H19N3O2/c1-4-21-15-10-13(7-8-14(15)18(2,3)17(21)23)20-16(22)12-6-5-9-19-11-12/h5-11H,4H2,1-3H3,(H,20,22). The van der Waals surface area contributed by atoms with E-state index in [1.807, 2.05) is 39.0 Å². The number of carbonyl (C=O) groups is 2. The Morgan fingerprint density at radius 1 is 1.30 bits per heavy atom. The third-order valence-electron chi connectivity index (χ3n) is 4.24. The maximum Gasteiger partial charge on any atom is 0.257 e. The number of amides is 2. The second-order valence-corrected chi connectivity index (χ2v) is 6.10. The summed E-state index contributed by atoms with van der Waals surface area (Å²) in [5, 5.41) is 2.86. The molecule has 1 aromatic carbocycles. The number of likely N-dealkylation sites (N-methyl/N-ethyl adjacent to an activating group) is 1. The predicted molar refractivity (Wildman–Crippen MR) is 89.7 cm³/mol. The Kier molecular flexibility index (Phi) is 3.64. The average molecular weight is 309 g/mol. The van der Waals surface area contributed by atoms with Crippen molar-refractivity contribution in [3.8, 4) is 0 Å². The zero-order valence-corrected chi connectivity index (χ0v) is 13.5. The lowest BCUT2D eigenvalue weighted by Crippen LogP contribution is -2.35. The van der Waals surface area contributed by atoms with E-state index in [0.29, 0.717) is 17.8 Å². The molecule has 0 saturated carbocycles. The van der Waals surface area contributed by atoms with Crippen LogP contribution in [0, 0.1) is 0 Å². The molecule has 5 nitrogen and oxygen atoms in total. The Balaban J connectivity index is 1.92. The molecule has 1 aliphatic heterocycles. The predicted octanol–water partition coefficient (Wildman–Crippen LogP) is 2.98. The largest absolute Gasteiger partial charge is 0.322 e. The molecule has 1 N–H and O–H groups in total. The van der Waals surface area contributed by atoms with Crippen LogP contribution in [0.4, 0.5) is 11.4 Å². The van der Waals surface area contributed by atoms with Gasteiger partial charge in [0.05, 0.1) is 11.0 Å². The van der Waals surface area contributed by atoms with Gasteiger partial charge in [0.1, 0.15) is 0 Å². The quantitative estimate of drug-likeness (QED) is 0.948. The van der Waals surface area contributed by atoms with E-state index in [-0.39, 0.29) is 11.8 Å². The first kappa shape index (κ1) is 15.2. The lowest BCUT2D eigenvalue weighted by atomic mass is 9.86. The molecule has 1 aliphatic rings. The zero-order valence-electron chi connectivity index (χ0n) is 13.5. The van der Waals surface area contributed by atoms with E-state index in [9.17, 15) is 9.59 Å². The summed E-state index contributed by atoms with van der Waals surface area (Å²) in [6.07, 6.45) is 3.15. The summed E-state index contributed by atoms with van der Waals surface area (Å²) in [5.74, 6) is -0.129. The van der Waals surface area contributed by atoms with Crippen LogP contribution in [0.3, 0.4) is 0 Å². The van der Waals surface area contributed by atoms with Gasteiger partial charge in [-0.2, -0.15) is 0 Å². The first-order valence-electron chi connectivity index (χ1n) is 7.63. The van der Waals surface area contributed by atoms with Gasteiger partial charge in [0.25, 0.3) is 5.91 Å². The van der Waals surface area contributed by atoms with Gasteiger partial charge in [-0.05, 0) is 50.6 Å². The third-order valence-corrected chi connectivity index (χ3v) is 4.24. The smallest absolute Gasteiger partial charge is 0.257 e. The molecule has 0 atom stereocenters. The summed E-state index contributed by atoms with van der Waals surface area (Å²) in [6, 6.07) is 9.04. The van der Waals surface area contributed by atoms with Crippen molar-refractivity contribution < 1.29 is 9.59 Å². The number of hydrogen-bond donors (Lipinski definition) is 1. The maximum absolute atomic E-state index is 12.5. The first-order valence-corrected chi connectivity index (χ1v) is 7.63. The highest BCUT2D eigenvalue weighted by molar-refractivity contribution is 6.09. The van der Waals surface area contributed by atoms with Crippen LogP contribution in [0.15, 0.2) is 42.7 Å². The van der Waals surface area contributed by atoms with Gasteiger partial charge in [-0.25, -0.2) is 0 Å². The van der Waals surface area contributed by atoms with Crippen molar-refractivity contribution in [2.45, 2.75) is 26.2 Å². The number of aromatic nitrogens is 1. The van der Waals surface area contributed by atoms with Crippen LogP contribution < -0.4 is 10.2 Å². The van der Waals surface area contributed by atoms with Gasteiger partial charge in [0.15, 0.2) is 0 Å².